The van der Waals surface area contributed by atoms with Crippen molar-refractivity contribution in [3.05, 3.63) is 48.2 Å². The molecule has 0 unspecified atom stereocenters. The van der Waals surface area contributed by atoms with Gasteiger partial charge in [0.1, 0.15) is 5.75 Å². The fraction of sp³-hybridized carbons (Fsp3) is 0.400. The van der Waals surface area contributed by atoms with Gasteiger partial charge in [-0.3, -0.25) is 4.90 Å². The number of rotatable bonds is 5. The van der Waals surface area contributed by atoms with Crippen molar-refractivity contribution in [2.45, 2.75) is 25.4 Å². The summed E-state index contributed by atoms with van der Waals surface area (Å²) < 4.78 is 6.94. The molecule has 0 bridgehead atoms. The minimum atomic E-state index is 0.636. The van der Waals surface area contributed by atoms with Gasteiger partial charge in [-0.05, 0) is 69.9 Å². The van der Waals surface area contributed by atoms with E-state index in [1.54, 1.807) is 6.20 Å². The van der Waals surface area contributed by atoms with E-state index >= 15 is 0 Å². The molecule has 5 nitrogen and oxygen atoms in total. The lowest BCUT2D eigenvalue weighted by Gasteiger charge is -2.35. The van der Waals surface area contributed by atoms with Crippen LogP contribution in [0.15, 0.2) is 42.6 Å². The molecule has 4 rings (SSSR count). The molecule has 1 saturated heterocycles. The molecule has 0 radical (unpaired) electrons. The van der Waals surface area contributed by atoms with Gasteiger partial charge in [0, 0.05) is 18.8 Å². The van der Waals surface area contributed by atoms with Crippen LogP contribution in [0.4, 0.5) is 0 Å². The molecule has 3 heterocycles. The number of piperidine rings is 1. The highest BCUT2D eigenvalue weighted by Crippen LogP contribution is 2.30. The maximum absolute atomic E-state index is 5.90. The molecule has 2 aromatic heterocycles. The number of pyridine rings is 1. The Morgan fingerprint density at radius 2 is 1.92 bits per heavy atom. The van der Waals surface area contributed by atoms with Crippen molar-refractivity contribution in [3.63, 3.8) is 0 Å². The summed E-state index contributed by atoms with van der Waals surface area (Å²) in [7, 11) is 4.36. The molecule has 6 heteroatoms. The Hall–Kier alpha value is -2.02. The number of fused-ring (bicyclic) bond motifs is 1. The predicted molar refractivity (Wildman–Crippen MR) is 106 cm³/mol. The summed E-state index contributed by atoms with van der Waals surface area (Å²) in [5, 5.41) is 0.636. The molecule has 136 valence electrons. The maximum atomic E-state index is 5.90. The van der Waals surface area contributed by atoms with E-state index in [1.807, 2.05) is 24.3 Å². The second-order valence-electron chi connectivity index (χ2n) is 7.02. The normalized spacial score (nSPS) is 16.4. The number of hydrogen-bond acceptors (Lipinski definition) is 6. The highest BCUT2D eigenvalue weighted by molar-refractivity contribution is 7.20. The van der Waals surface area contributed by atoms with Crippen LogP contribution in [0.25, 0.3) is 10.3 Å². The standard InChI is InChI=1S/C20H24N4OS/c1-23(2)16-9-12-24(13-10-16)14-15-5-7-17(8-6-15)25-20-22-19-18(26-20)4-3-11-21-19/h3-8,11,16H,9-10,12-14H2,1-2H3. The van der Waals surface area contributed by atoms with Gasteiger partial charge in [-0.1, -0.05) is 23.5 Å². The van der Waals surface area contributed by atoms with Gasteiger partial charge in [0.2, 0.25) is 0 Å². The monoisotopic (exact) mass is 368 g/mol. The van der Waals surface area contributed by atoms with Gasteiger partial charge in [-0.2, -0.15) is 4.98 Å². The van der Waals surface area contributed by atoms with Gasteiger partial charge in [-0.25, -0.2) is 4.98 Å². The van der Waals surface area contributed by atoms with Crippen LogP contribution in [-0.2, 0) is 6.54 Å². The molecular formula is C20H24N4OS. The fourth-order valence-corrected chi connectivity index (χ4v) is 4.20. The third-order valence-electron chi connectivity index (χ3n) is 4.97. The van der Waals surface area contributed by atoms with Crippen molar-refractivity contribution in [1.82, 2.24) is 19.8 Å². The van der Waals surface area contributed by atoms with E-state index in [1.165, 1.54) is 42.8 Å². The zero-order valence-corrected chi connectivity index (χ0v) is 16.1. The van der Waals surface area contributed by atoms with E-state index < -0.39 is 0 Å². The van der Waals surface area contributed by atoms with Crippen molar-refractivity contribution in [1.29, 1.82) is 0 Å². The minimum Gasteiger partial charge on any atom is -0.431 e. The topological polar surface area (TPSA) is 41.5 Å². The summed E-state index contributed by atoms with van der Waals surface area (Å²) in [5.74, 6) is 0.819. The molecule has 0 aliphatic carbocycles. The van der Waals surface area contributed by atoms with Gasteiger partial charge in [0.25, 0.3) is 5.19 Å². The van der Waals surface area contributed by atoms with Gasteiger partial charge < -0.3 is 9.64 Å². The quantitative estimate of drug-likeness (QED) is 0.681. The summed E-state index contributed by atoms with van der Waals surface area (Å²) >= 11 is 1.52. The first-order valence-corrected chi connectivity index (χ1v) is 9.86. The largest absolute Gasteiger partial charge is 0.431 e. The molecule has 0 amide bonds. The summed E-state index contributed by atoms with van der Waals surface area (Å²) in [4.78, 5) is 13.6. The number of ether oxygens (including phenoxy) is 1. The number of hydrogen-bond donors (Lipinski definition) is 0. The number of benzene rings is 1. The Bertz CT molecular complexity index is 821. The first-order chi connectivity index (χ1) is 12.7. The lowest BCUT2D eigenvalue weighted by Crippen LogP contribution is -2.41. The van der Waals surface area contributed by atoms with Crippen LogP contribution in [-0.4, -0.2) is 53.0 Å². The minimum absolute atomic E-state index is 0.636. The second kappa shape index (κ2) is 7.70. The summed E-state index contributed by atoms with van der Waals surface area (Å²) in [6.45, 7) is 3.34. The highest BCUT2D eigenvalue weighted by atomic mass is 32.1. The highest BCUT2D eigenvalue weighted by Gasteiger charge is 2.20. The Labute approximate surface area is 158 Å². The Morgan fingerprint density at radius 3 is 2.62 bits per heavy atom. The summed E-state index contributed by atoms with van der Waals surface area (Å²) in [6.07, 6.45) is 4.25. The third-order valence-corrected chi connectivity index (χ3v) is 5.86. The molecule has 3 aromatic rings. The predicted octanol–water partition coefficient (Wildman–Crippen LogP) is 4.01. The van der Waals surface area contributed by atoms with Gasteiger partial charge >= 0.3 is 0 Å². The third kappa shape index (κ3) is 4.03. The number of likely N-dealkylation sites (tertiary alicyclic amines) is 1. The first kappa shape index (κ1) is 17.4. The second-order valence-corrected chi connectivity index (χ2v) is 8.02. The summed E-state index contributed by atoms with van der Waals surface area (Å²) in [5.41, 5.74) is 2.07. The zero-order chi connectivity index (χ0) is 17.9. The molecule has 1 aromatic carbocycles. The lowest BCUT2D eigenvalue weighted by atomic mass is 10.0. The fourth-order valence-electron chi connectivity index (χ4n) is 3.41. The van der Waals surface area contributed by atoms with Crippen molar-refractivity contribution < 1.29 is 4.74 Å². The van der Waals surface area contributed by atoms with Crippen LogP contribution in [0, 0.1) is 0 Å². The SMILES string of the molecule is CN(C)C1CCN(Cc2ccc(Oc3nc4ncccc4s3)cc2)CC1. The molecule has 0 saturated carbocycles. The smallest absolute Gasteiger partial charge is 0.281 e. The lowest BCUT2D eigenvalue weighted by molar-refractivity contribution is 0.140. The van der Waals surface area contributed by atoms with Crippen LogP contribution < -0.4 is 4.74 Å². The zero-order valence-electron chi connectivity index (χ0n) is 15.3. The molecule has 0 spiro atoms. The summed E-state index contributed by atoms with van der Waals surface area (Å²) in [6, 6.07) is 13.0. The van der Waals surface area contributed by atoms with Crippen molar-refractivity contribution >= 4 is 21.7 Å². The van der Waals surface area contributed by atoms with Gasteiger partial charge in [0.05, 0.1) is 4.70 Å². The Morgan fingerprint density at radius 1 is 1.15 bits per heavy atom. The van der Waals surface area contributed by atoms with E-state index in [9.17, 15) is 0 Å². The van der Waals surface area contributed by atoms with Crippen LogP contribution >= 0.6 is 11.3 Å². The van der Waals surface area contributed by atoms with Crippen LogP contribution in [0.2, 0.25) is 0 Å². The first-order valence-electron chi connectivity index (χ1n) is 9.04. The number of aromatic nitrogens is 2. The van der Waals surface area contributed by atoms with E-state index in [2.05, 4.69) is 46.0 Å². The number of thiazole rings is 1. The molecule has 0 N–H and O–H groups in total. The molecular weight excluding hydrogens is 344 g/mol. The van der Waals surface area contributed by atoms with E-state index in [0.29, 0.717) is 5.19 Å². The van der Waals surface area contributed by atoms with Crippen LogP contribution in [0.5, 0.6) is 10.9 Å². The molecule has 26 heavy (non-hydrogen) atoms. The van der Waals surface area contributed by atoms with Crippen molar-refractivity contribution in [3.8, 4) is 10.9 Å². The van der Waals surface area contributed by atoms with Crippen LogP contribution in [0.1, 0.15) is 18.4 Å². The molecule has 1 aliphatic rings. The van der Waals surface area contributed by atoms with Gasteiger partial charge in [0.15, 0.2) is 5.65 Å². The van der Waals surface area contributed by atoms with E-state index in [-0.39, 0.29) is 0 Å². The average Bonchev–Trinajstić information content (AvgIpc) is 3.06. The Kier molecular flexibility index (Phi) is 5.15. The average molecular weight is 369 g/mol. The van der Waals surface area contributed by atoms with Crippen molar-refractivity contribution in [2.24, 2.45) is 0 Å². The Balaban J connectivity index is 1.35. The van der Waals surface area contributed by atoms with Crippen molar-refractivity contribution in [2.75, 3.05) is 27.2 Å². The van der Waals surface area contributed by atoms with E-state index in [0.717, 1.165) is 28.7 Å². The molecule has 0 atom stereocenters. The van der Waals surface area contributed by atoms with Crippen LogP contribution in [0.3, 0.4) is 0 Å². The molecule has 1 aliphatic heterocycles. The van der Waals surface area contributed by atoms with Gasteiger partial charge in [-0.15, -0.1) is 0 Å². The maximum Gasteiger partial charge on any atom is 0.281 e. The number of nitrogens with zero attached hydrogens (tertiary/aromatic N) is 4. The molecule has 1 fully saturated rings. The van der Waals surface area contributed by atoms with E-state index in [4.69, 9.17) is 4.74 Å².